The number of rotatable bonds is 8. The minimum atomic E-state index is 0.682. The molecule has 4 nitrogen and oxygen atoms in total. The number of hydrogen-bond donors (Lipinski definition) is 1. The summed E-state index contributed by atoms with van der Waals surface area (Å²) >= 11 is 0. The number of nitrogens with two attached hydrogens (primary N) is 1. The predicted octanol–water partition coefficient (Wildman–Crippen LogP) is 2.91. The van der Waals surface area contributed by atoms with E-state index in [9.17, 15) is 0 Å². The lowest BCUT2D eigenvalue weighted by molar-refractivity contribution is 0.266. The zero-order valence-electron chi connectivity index (χ0n) is 12.5. The van der Waals surface area contributed by atoms with Crippen molar-refractivity contribution in [2.24, 2.45) is 0 Å². The van der Waals surface area contributed by atoms with Gasteiger partial charge >= 0.3 is 0 Å². The minimum absolute atomic E-state index is 0.682. The molecule has 0 aliphatic carbocycles. The predicted molar refractivity (Wildman–Crippen MR) is 79.8 cm³/mol. The molecule has 0 spiro atoms. The summed E-state index contributed by atoms with van der Waals surface area (Å²) in [7, 11) is 3.27. The highest BCUT2D eigenvalue weighted by molar-refractivity contribution is 5.57. The third-order valence-corrected chi connectivity index (χ3v) is 3.12. The Labute approximate surface area is 116 Å². The highest BCUT2D eigenvalue weighted by atomic mass is 16.5. The smallest absolute Gasteiger partial charge is 0.162 e. The molecule has 0 aliphatic heterocycles. The normalized spacial score (nSPS) is 10.8. The number of ether oxygens (including phenoxy) is 2. The lowest BCUT2D eigenvalue weighted by Gasteiger charge is -2.22. The maximum atomic E-state index is 6.10. The summed E-state index contributed by atoms with van der Waals surface area (Å²) < 4.78 is 10.6. The van der Waals surface area contributed by atoms with Gasteiger partial charge in [-0.25, -0.2) is 0 Å². The van der Waals surface area contributed by atoms with E-state index >= 15 is 0 Å². The molecule has 0 radical (unpaired) electrons. The third-order valence-electron chi connectivity index (χ3n) is 3.12. The van der Waals surface area contributed by atoms with Gasteiger partial charge in [-0.3, -0.25) is 4.90 Å². The molecule has 1 aromatic carbocycles. The van der Waals surface area contributed by atoms with Crippen LogP contribution in [0.4, 0.5) is 5.69 Å². The molecule has 108 valence electrons. The van der Waals surface area contributed by atoms with E-state index in [-0.39, 0.29) is 0 Å². The van der Waals surface area contributed by atoms with Crippen LogP contribution in [0.5, 0.6) is 11.5 Å². The zero-order valence-corrected chi connectivity index (χ0v) is 12.5. The monoisotopic (exact) mass is 266 g/mol. The van der Waals surface area contributed by atoms with Crippen molar-refractivity contribution in [1.29, 1.82) is 0 Å². The van der Waals surface area contributed by atoms with Crippen molar-refractivity contribution >= 4 is 5.69 Å². The van der Waals surface area contributed by atoms with Gasteiger partial charge in [-0.1, -0.05) is 13.8 Å². The molecule has 2 N–H and O–H groups in total. The Hall–Kier alpha value is -1.42. The van der Waals surface area contributed by atoms with Gasteiger partial charge in [0.2, 0.25) is 0 Å². The van der Waals surface area contributed by atoms with Crippen molar-refractivity contribution in [1.82, 2.24) is 4.90 Å². The Kier molecular flexibility index (Phi) is 6.50. The van der Waals surface area contributed by atoms with Gasteiger partial charge in [-0.15, -0.1) is 0 Å². The molecule has 0 unspecified atom stereocenters. The Morgan fingerprint density at radius 3 is 2.00 bits per heavy atom. The van der Waals surface area contributed by atoms with Crippen molar-refractivity contribution in [2.45, 2.75) is 33.2 Å². The Morgan fingerprint density at radius 1 is 1.00 bits per heavy atom. The van der Waals surface area contributed by atoms with Crippen LogP contribution in [0.2, 0.25) is 0 Å². The van der Waals surface area contributed by atoms with Gasteiger partial charge in [0.25, 0.3) is 0 Å². The average molecular weight is 266 g/mol. The van der Waals surface area contributed by atoms with Crippen molar-refractivity contribution in [3.05, 3.63) is 17.7 Å². The molecule has 0 heterocycles. The van der Waals surface area contributed by atoms with Crippen LogP contribution >= 0.6 is 0 Å². The van der Waals surface area contributed by atoms with Crippen molar-refractivity contribution in [3.8, 4) is 11.5 Å². The fourth-order valence-corrected chi connectivity index (χ4v) is 2.22. The molecule has 0 aromatic heterocycles. The molecule has 0 atom stereocenters. The lowest BCUT2D eigenvalue weighted by Crippen LogP contribution is -2.25. The first-order chi connectivity index (χ1) is 9.15. The summed E-state index contributed by atoms with van der Waals surface area (Å²) in [5.74, 6) is 1.42. The van der Waals surface area contributed by atoms with Gasteiger partial charge in [-0.2, -0.15) is 0 Å². The van der Waals surface area contributed by atoms with E-state index in [0.717, 1.165) is 49.5 Å². The molecule has 0 bridgehead atoms. The van der Waals surface area contributed by atoms with Gasteiger partial charge in [-0.05, 0) is 37.6 Å². The Balaban J connectivity index is 2.92. The molecule has 19 heavy (non-hydrogen) atoms. The van der Waals surface area contributed by atoms with Gasteiger partial charge in [0.1, 0.15) is 0 Å². The largest absolute Gasteiger partial charge is 0.493 e. The number of benzene rings is 1. The topological polar surface area (TPSA) is 47.7 Å². The number of methoxy groups -OCH3 is 2. The van der Waals surface area contributed by atoms with Crippen LogP contribution in [0, 0.1) is 0 Å². The molecule has 0 saturated heterocycles. The van der Waals surface area contributed by atoms with Crippen LogP contribution in [-0.2, 0) is 6.54 Å². The standard InChI is InChI=1S/C15H26N2O2/c1-5-7-17(8-6-2)11-12-9-14(18-3)15(19-4)10-13(12)16/h9-10H,5-8,11,16H2,1-4H3. The van der Waals surface area contributed by atoms with Crippen LogP contribution in [0.1, 0.15) is 32.3 Å². The van der Waals surface area contributed by atoms with Crippen molar-refractivity contribution in [3.63, 3.8) is 0 Å². The van der Waals surface area contributed by atoms with Crippen molar-refractivity contribution in [2.75, 3.05) is 33.0 Å². The van der Waals surface area contributed by atoms with Gasteiger partial charge in [0, 0.05) is 18.3 Å². The van der Waals surface area contributed by atoms with E-state index in [1.807, 2.05) is 12.1 Å². The zero-order chi connectivity index (χ0) is 14.3. The second-order valence-corrected chi connectivity index (χ2v) is 4.68. The van der Waals surface area contributed by atoms with Crippen LogP contribution in [0.15, 0.2) is 12.1 Å². The fraction of sp³-hybridized carbons (Fsp3) is 0.600. The highest BCUT2D eigenvalue weighted by Gasteiger charge is 2.12. The first-order valence-electron chi connectivity index (χ1n) is 6.88. The molecule has 0 fully saturated rings. The number of anilines is 1. The molecule has 1 rings (SSSR count). The van der Waals surface area contributed by atoms with Gasteiger partial charge < -0.3 is 15.2 Å². The second-order valence-electron chi connectivity index (χ2n) is 4.68. The summed E-state index contributed by atoms with van der Waals surface area (Å²) in [6.07, 6.45) is 2.29. The van der Waals surface area contributed by atoms with E-state index in [4.69, 9.17) is 15.2 Å². The first kappa shape index (κ1) is 15.6. The van der Waals surface area contributed by atoms with Crippen LogP contribution < -0.4 is 15.2 Å². The van der Waals surface area contributed by atoms with E-state index in [2.05, 4.69) is 18.7 Å². The SMILES string of the molecule is CCCN(CCC)Cc1cc(OC)c(OC)cc1N. The van der Waals surface area contributed by atoms with Gasteiger partial charge in [0.05, 0.1) is 14.2 Å². The molecule has 4 heteroatoms. The van der Waals surface area contributed by atoms with E-state index in [0.29, 0.717) is 5.75 Å². The van der Waals surface area contributed by atoms with Crippen molar-refractivity contribution < 1.29 is 9.47 Å². The van der Waals surface area contributed by atoms with Crippen LogP contribution in [0.25, 0.3) is 0 Å². The summed E-state index contributed by atoms with van der Waals surface area (Å²) in [5.41, 5.74) is 7.95. The third kappa shape index (κ3) is 4.31. The number of nitrogen functional groups attached to an aromatic ring is 1. The second kappa shape index (κ2) is 7.89. The summed E-state index contributed by atoms with van der Waals surface area (Å²) in [4.78, 5) is 2.41. The fourth-order valence-electron chi connectivity index (χ4n) is 2.22. The highest BCUT2D eigenvalue weighted by Crippen LogP contribution is 2.32. The van der Waals surface area contributed by atoms with Crippen LogP contribution in [0.3, 0.4) is 0 Å². The van der Waals surface area contributed by atoms with Crippen LogP contribution in [-0.4, -0.2) is 32.2 Å². The summed E-state index contributed by atoms with van der Waals surface area (Å²) in [5, 5.41) is 0. The maximum Gasteiger partial charge on any atom is 0.162 e. The maximum absolute atomic E-state index is 6.10. The molecular weight excluding hydrogens is 240 g/mol. The molecular formula is C15H26N2O2. The van der Waals surface area contributed by atoms with E-state index in [1.54, 1.807) is 14.2 Å². The molecule has 0 amide bonds. The Bertz CT molecular complexity index is 388. The first-order valence-corrected chi connectivity index (χ1v) is 6.88. The minimum Gasteiger partial charge on any atom is -0.493 e. The van der Waals surface area contributed by atoms with E-state index in [1.165, 1.54) is 0 Å². The average Bonchev–Trinajstić information content (AvgIpc) is 2.41. The van der Waals surface area contributed by atoms with E-state index < -0.39 is 0 Å². The number of nitrogens with zero attached hydrogens (tertiary/aromatic N) is 1. The lowest BCUT2D eigenvalue weighted by atomic mass is 10.1. The number of hydrogen-bond acceptors (Lipinski definition) is 4. The summed E-state index contributed by atoms with van der Waals surface area (Å²) in [6.45, 7) is 7.42. The molecule has 1 aromatic rings. The van der Waals surface area contributed by atoms with Gasteiger partial charge in [0.15, 0.2) is 11.5 Å². The molecule has 0 aliphatic rings. The molecule has 0 saturated carbocycles. The summed E-state index contributed by atoms with van der Waals surface area (Å²) in [6, 6.07) is 3.82. The Morgan fingerprint density at radius 2 is 1.53 bits per heavy atom. The quantitative estimate of drug-likeness (QED) is 0.735.